The smallest absolute Gasteiger partial charge is 0.0961 e. The van der Waals surface area contributed by atoms with Crippen LogP contribution in [0.4, 0.5) is 0 Å². The van der Waals surface area contributed by atoms with Crippen LogP contribution < -0.4 is 0 Å². The molecule has 0 amide bonds. The summed E-state index contributed by atoms with van der Waals surface area (Å²) in [4.78, 5) is 0. The molecule has 0 heterocycles. The van der Waals surface area contributed by atoms with Gasteiger partial charge in [0.2, 0.25) is 0 Å². The predicted octanol–water partition coefficient (Wildman–Crippen LogP) is 4.48. The van der Waals surface area contributed by atoms with Crippen LogP contribution in [0.2, 0.25) is 0 Å². The van der Waals surface area contributed by atoms with Crippen molar-refractivity contribution >= 4 is 0 Å². The molecule has 0 radical (unpaired) electrons. The van der Waals surface area contributed by atoms with E-state index in [9.17, 15) is 0 Å². The first-order chi connectivity index (χ1) is 7.61. The molecule has 0 saturated heterocycles. The fraction of sp³-hybridized carbons (Fsp3) is 0.600. The standard InChI is InChI=1S/C15H24O/c1-12(2)10-13(3)8-9-14-6-5-7-15(11-14)16-4/h5-7,10,12,14H,8-9,11H2,1-4H3/b13-10+/t14-/m1/s1. The fourth-order valence-electron chi connectivity index (χ4n) is 2.13. The Morgan fingerprint density at radius 3 is 2.94 bits per heavy atom. The second-order valence-electron chi connectivity index (χ2n) is 4.98. The topological polar surface area (TPSA) is 9.23 Å². The van der Waals surface area contributed by atoms with E-state index >= 15 is 0 Å². The van der Waals surface area contributed by atoms with Gasteiger partial charge in [0.15, 0.2) is 0 Å². The van der Waals surface area contributed by atoms with E-state index in [0.29, 0.717) is 11.8 Å². The Labute approximate surface area is 99.9 Å². The van der Waals surface area contributed by atoms with Gasteiger partial charge in [-0.05, 0) is 37.7 Å². The Hall–Kier alpha value is -0.980. The van der Waals surface area contributed by atoms with Crippen LogP contribution in [-0.4, -0.2) is 7.11 Å². The minimum Gasteiger partial charge on any atom is -0.501 e. The lowest BCUT2D eigenvalue weighted by Gasteiger charge is -2.17. The summed E-state index contributed by atoms with van der Waals surface area (Å²) < 4.78 is 5.29. The molecule has 1 nitrogen and oxygen atoms in total. The highest BCUT2D eigenvalue weighted by Gasteiger charge is 2.11. The van der Waals surface area contributed by atoms with Gasteiger partial charge in [0.25, 0.3) is 0 Å². The second-order valence-corrected chi connectivity index (χ2v) is 4.98. The van der Waals surface area contributed by atoms with E-state index in [2.05, 4.69) is 45.1 Å². The first kappa shape index (κ1) is 13.1. The van der Waals surface area contributed by atoms with E-state index in [1.165, 1.54) is 18.4 Å². The maximum Gasteiger partial charge on any atom is 0.0961 e. The summed E-state index contributed by atoms with van der Waals surface area (Å²) in [6, 6.07) is 0. The third kappa shape index (κ3) is 4.69. The van der Waals surface area contributed by atoms with Crippen LogP contribution in [0.25, 0.3) is 0 Å². The minimum atomic E-state index is 0.649. The van der Waals surface area contributed by atoms with Gasteiger partial charge in [-0.2, -0.15) is 0 Å². The van der Waals surface area contributed by atoms with Crippen molar-refractivity contribution in [2.24, 2.45) is 11.8 Å². The van der Waals surface area contributed by atoms with Gasteiger partial charge in [-0.25, -0.2) is 0 Å². The van der Waals surface area contributed by atoms with Crippen molar-refractivity contribution in [3.8, 4) is 0 Å². The van der Waals surface area contributed by atoms with Crippen LogP contribution in [0, 0.1) is 11.8 Å². The molecule has 1 heteroatoms. The highest BCUT2D eigenvalue weighted by molar-refractivity contribution is 5.16. The van der Waals surface area contributed by atoms with E-state index in [0.717, 1.165) is 12.2 Å². The van der Waals surface area contributed by atoms with Gasteiger partial charge in [0.05, 0.1) is 12.9 Å². The monoisotopic (exact) mass is 220 g/mol. The van der Waals surface area contributed by atoms with Gasteiger partial charge in [-0.3, -0.25) is 0 Å². The maximum atomic E-state index is 5.29. The molecule has 0 fully saturated rings. The van der Waals surface area contributed by atoms with Crippen LogP contribution in [0.1, 0.15) is 40.0 Å². The van der Waals surface area contributed by atoms with Gasteiger partial charge in [-0.1, -0.05) is 37.6 Å². The Morgan fingerprint density at radius 1 is 1.56 bits per heavy atom. The summed E-state index contributed by atoms with van der Waals surface area (Å²) >= 11 is 0. The summed E-state index contributed by atoms with van der Waals surface area (Å²) in [7, 11) is 1.76. The Kier molecular flexibility index (Phi) is 5.37. The number of hydrogen-bond acceptors (Lipinski definition) is 1. The Bertz CT molecular complexity index is 295. The minimum absolute atomic E-state index is 0.649. The molecule has 1 rings (SSSR count). The van der Waals surface area contributed by atoms with Crippen molar-refractivity contribution in [2.45, 2.75) is 40.0 Å². The van der Waals surface area contributed by atoms with Crippen molar-refractivity contribution in [3.63, 3.8) is 0 Å². The summed E-state index contributed by atoms with van der Waals surface area (Å²) in [5.74, 6) is 2.42. The molecule has 0 aromatic rings. The first-order valence-corrected chi connectivity index (χ1v) is 6.20. The van der Waals surface area contributed by atoms with Gasteiger partial charge in [0, 0.05) is 6.42 Å². The molecule has 0 spiro atoms. The van der Waals surface area contributed by atoms with Crippen LogP contribution in [0.15, 0.2) is 35.6 Å². The molecule has 0 N–H and O–H groups in total. The van der Waals surface area contributed by atoms with Crippen molar-refractivity contribution < 1.29 is 4.74 Å². The predicted molar refractivity (Wildman–Crippen MR) is 70.2 cm³/mol. The first-order valence-electron chi connectivity index (χ1n) is 6.20. The zero-order valence-corrected chi connectivity index (χ0v) is 11.0. The van der Waals surface area contributed by atoms with Crippen molar-refractivity contribution in [1.29, 1.82) is 0 Å². The number of hydrogen-bond donors (Lipinski definition) is 0. The normalized spacial score (nSPS) is 21.2. The molecule has 16 heavy (non-hydrogen) atoms. The molecule has 0 unspecified atom stereocenters. The second kappa shape index (κ2) is 6.57. The zero-order chi connectivity index (χ0) is 12.0. The van der Waals surface area contributed by atoms with E-state index < -0.39 is 0 Å². The SMILES string of the molecule is COC1=CC=C[C@H](CC/C(C)=C/C(C)C)C1. The number of rotatable bonds is 5. The molecule has 0 bridgehead atoms. The van der Waals surface area contributed by atoms with E-state index in [1.807, 2.05) is 0 Å². The van der Waals surface area contributed by atoms with Crippen molar-refractivity contribution in [2.75, 3.05) is 7.11 Å². The molecule has 1 aliphatic carbocycles. The fourth-order valence-corrected chi connectivity index (χ4v) is 2.13. The van der Waals surface area contributed by atoms with Crippen LogP contribution >= 0.6 is 0 Å². The summed E-state index contributed by atoms with van der Waals surface area (Å²) in [6.07, 6.45) is 12.3. The molecule has 0 saturated carbocycles. The lowest BCUT2D eigenvalue weighted by Crippen LogP contribution is -2.04. The highest BCUT2D eigenvalue weighted by atomic mass is 16.5. The van der Waals surface area contributed by atoms with Crippen molar-refractivity contribution in [3.05, 3.63) is 35.6 Å². The molecule has 0 aliphatic heterocycles. The maximum absolute atomic E-state index is 5.29. The zero-order valence-electron chi connectivity index (χ0n) is 11.0. The number of methoxy groups -OCH3 is 1. The van der Waals surface area contributed by atoms with E-state index in [1.54, 1.807) is 7.11 Å². The van der Waals surface area contributed by atoms with Gasteiger partial charge >= 0.3 is 0 Å². The average Bonchev–Trinajstić information content (AvgIpc) is 2.26. The van der Waals surface area contributed by atoms with Crippen LogP contribution in [0.3, 0.4) is 0 Å². The third-order valence-corrected chi connectivity index (χ3v) is 2.92. The summed E-state index contributed by atoms with van der Waals surface area (Å²) in [5.41, 5.74) is 1.51. The Morgan fingerprint density at radius 2 is 2.31 bits per heavy atom. The quantitative estimate of drug-likeness (QED) is 0.621. The lowest BCUT2D eigenvalue weighted by molar-refractivity contribution is 0.262. The summed E-state index contributed by atoms with van der Waals surface area (Å²) in [5, 5.41) is 0. The molecule has 0 aromatic carbocycles. The van der Waals surface area contributed by atoms with E-state index in [4.69, 9.17) is 4.74 Å². The van der Waals surface area contributed by atoms with Gasteiger partial charge in [-0.15, -0.1) is 0 Å². The molecular formula is C15H24O. The van der Waals surface area contributed by atoms with E-state index in [-0.39, 0.29) is 0 Å². The molecular weight excluding hydrogens is 196 g/mol. The average molecular weight is 220 g/mol. The number of allylic oxidation sites excluding steroid dienone is 6. The molecule has 1 aliphatic rings. The highest BCUT2D eigenvalue weighted by Crippen LogP contribution is 2.24. The molecule has 90 valence electrons. The summed E-state index contributed by atoms with van der Waals surface area (Å²) in [6.45, 7) is 6.70. The molecule has 0 aromatic heterocycles. The van der Waals surface area contributed by atoms with Crippen LogP contribution in [-0.2, 0) is 4.74 Å². The molecule has 1 atom stereocenters. The number of ether oxygens (including phenoxy) is 1. The largest absolute Gasteiger partial charge is 0.501 e. The lowest BCUT2D eigenvalue weighted by atomic mass is 9.92. The van der Waals surface area contributed by atoms with Crippen molar-refractivity contribution in [1.82, 2.24) is 0 Å². The van der Waals surface area contributed by atoms with Crippen LogP contribution in [0.5, 0.6) is 0 Å². The Balaban J connectivity index is 2.35. The van der Waals surface area contributed by atoms with Gasteiger partial charge < -0.3 is 4.74 Å². The third-order valence-electron chi connectivity index (χ3n) is 2.92. The van der Waals surface area contributed by atoms with Gasteiger partial charge in [0.1, 0.15) is 0 Å².